The van der Waals surface area contributed by atoms with Crippen LogP contribution in [-0.4, -0.2) is 19.0 Å². The summed E-state index contributed by atoms with van der Waals surface area (Å²) in [5, 5.41) is 4.21. The van der Waals surface area contributed by atoms with Gasteiger partial charge in [0.1, 0.15) is 6.29 Å². The van der Waals surface area contributed by atoms with Crippen molar-refractivity contribution in [3.63, 3.8) is 0 Å². The summed E-state index contributed by atoms with van der Waals surface area (Å²) in [5.74, 6) is 0. The molecule has 0 fully saturated rings. The average molecular weight is 222 g/mol. The van der Waals surface area contributed by atoms with E-state index in [4.69, 9.17) is 0 Å². The van der Waals surface area contributed by atoms with Crippen LogP contribution in [0.3, 0.4) is 0 Å². The van der Waals surface area contributed by atoms with Gasteiger partial charge >= 0.3 is 0 Å². The molecule has 0 aliphatic carbocycles. The summed E-state index contributed by atoms with van der Waals surface area (Å²) in [4.78, 5) is 11.1. The molecular formula is C13H22N2O. The van der Waals surface area contributed by atoms with Gasteiger partial charge in [0, 0.05) is 18.2 Å². The average Bonchev–Trinajstić information content (AvgIpc) is 2.31. The predicted octanol–water partition coefficient (Wildman–Crippen LogP) is 2.84. The van der Waals surface area contributed by atoms with E-state index in [1.165, 1.54) is 0 Å². The van der Waals surface area contributed by atoms with E-state index in [-0.39, 0.29) is 0 Å². The van der Waals surface area contributed by atoms with E-state index < -0.39 is 0 Å². The van der Waals surface area contributed by atoms with Crippen molar-refractivity contribution in [3.8, 4) is 0 Å². The normalized spacial score (nSPS) is 13.9. The number of aldehydes is 1. The zero-order chi connectivity index (χ0) is 12.4. The second-order valence-corrected chi connectivity index (χ2v) is 3.35. The van der Waals surface area contributed by atoms with Crippen molar-refractivity contribution in [1.29, 1.82) is 0 Å². The van der Waals surface area contributed by atoms with Crippen LogP contribution in [0.25, 0.3) is 0 Å². The first-order valence-electron chi connectivity index (χ1n) is 5.84. The maximum Gasteiger partial charge on any atom is 0.150 e. The van der Waals surface area contributed by atoms with Crippen molar-refractivity contribution >= 4 is 12.0 Å². The van der Waals surface area contributed by atoms with Crippen molar-refractivity contribution < 1.29 is 4.79 Å². The van der Waals surface area contributed by atoms with Crippen LogP contribution in [0.2, 0.25) is 0 Å². The van der Waals surface area contributed by atoms with Crippen molar-refractivity contribution in [3.05, 3.63) is 23.3 Å². The molecule has 0 aromatic heterocycles. The Hall–Kier alpha value is -1.38. The van der Waals surface area contributed by atoms with E-state index in [9.17, 15) is 4.79 Å². The number of nitrogens with one attached hydrogen (secondary N) is 1. The fraction of sp³-hybridized carbons (Fsp3) is 0.538. The maximum absolute atomic E-state index is 11.1. The predicted molar refractivity (Wildman–Crippen MR) is 69.6 cm³/mol. The van der Waals surface area contributed by atoms with Gasteiger partial charge in [-0.15, -0.1) is 0 Å². The van der Waals surface area contributed by atoms with Crippen LogP contribution in [0, 0.1) is 0 Å². The molecule has 0 saturated heterocycles. The molecule has 0 rings (SSSR count). The summed E-state index contributed by atoms with van der Waals surface area (Å²) >= 11 is 0. The number of carbonyl (C=O) groups excluding carboxylic acids is 1. The van der Waals surface area contributed by atoms with Crippen LogP contribution < -0.4 is 5.43 Å². The van der Waals surface area contributed by atoms with Gasteiger partial charge in [-0.25, -0.2) is 0 Å². The Kier molecular flexibility index (Phi) is 8.12. The minimum Gasteiger partial charge on any atom is -0.313 e. The van der Waals surface area contributed by atoms with Crippen LogP contribution in [-0.2, 0) is 4.79 Å². The summed E-state index contributed by atoms with van der Waals surface area (Å²) in [6, 6.07) is 0. The molecule has 3 nitrogen and oxygen atoms in total. The van der Waals surface area contributed by atoms with Crippen molar-refractivity contribution in [2.75, 3.05) is 7.05 Å². The monoisotopic (exact) mass is 222 g/mol. The molecule has 0 spiro atoms. The highest BCUT2D eigenvalue weighted by atomic mass is 16.1. The van der Waals surface area contributed by atoms with Crippen LogP contribution in [0.4, 0.5) is 0 Å². The van der Waals surface area contributed by atoms with Gasteiger partial charge in [0.05, 0.1) is 5.71 Å². The number of hydrogen-bond acceptors (Lipinski definition) is 3. The third-order valence-corrected chi connectivity index (χ3v) is 2.16. The molecule has 0 bridgehead atoms. The van der Waals surface area contributed by atoms with Crippen LogP contribution >= 0.6 is 0 Å². The summed E-state index contributed by atoms with van der Waals surface area (Å²) in [7, 11) is 1.77. The molecule has 1 N–H and O–H groups in total. The minimum atomic E-state index is 0.736. The minimum absolute atomic E-state index is 0.736. The van der Waals surface area contributed by atoms with Crippen LogP contribution in [0.1, 0.15) is 40.0 Å². The molecule has 0 heterocycles. The van der Waals surface area contributed by atoms with Gasteiger partial charge in [0.15, 0.2) is 0 Å². The Morgan fingerprint density at radius 3 is 2.19 bits per heavy atom. The first kappa shape index (κ1) is 14.6. The Bertz CT molecular complexity index is 301. The van der Waals surface area contributed by atoms with Crippen molar-refractivity contribution in [2.24, 2.45) is 5.10 Å². The fourth-order valence-electron chi connectivity index (χ4n) is 1.51. The molecule has 0 radical (unpaired) electrons. The molecule has 0 saturated carbocycles. The quantitative estimate of drug-likeness (QED) is 0.236. The largest absolute Gasteiger partial charge is 0.313 e. The molecule has 0 aromatic carbocycles. The lowest BCUT2D eigenvalue weighted by Gasteiger charge is -2.09. The Morgan fingerprint density at radius 1 is 1.19 bits per heavy atom. The highest BCUT2D eigenvalue weighted by Crippen LogP contribution is 2.14. The molecule has 0 aromatic rings. The highest BCUT2D eigenvalue weighted by molar-refractivity contribution is 6.09. The van der Waals surface area contributed by atoms with Crippen molar-refractivity contribution in [1.82, 2.24) is 5.43 Å². The zero-order valence-electron chi connectivity index (χ0n) is 10.7. The van der Waals surface area contributed by atoms with Gasteiger partial charge in [0.25, 0.3) is 0 Å². The van der Waals surface area contributed by atoms with E-state index in [1.807, 2.05) is 19.9 Å². The standard InChI is InChI=1S/C13H22N2O/c1-5-8-11(10-16)12(9-6-2)13(7-3)15-14-4/h8-10,14H,5-7H2,1-4H3/b11-8-,12-9+,15-13-. The molecule has 0 aliphatic rings. The number of nitrogens with zero attached hydrogens (tertiary/aromatic N) is 1. The molecular weight excluding hydrogens is 200 g/mol. The van der Waals surface area contributed by atoms with Gasteiger partial charge in [-0.05, 0) is 19.3 Å². The first-order chi connectivity index (χ1) is 7.74. The van der Waals surface area contributed by atoms with Gasteiger partial charge < -0.3 is 5.43 Å². The lowest BCUT2D eigenvalue weighted by molar-refractivity contribution is -0.104. The maximum atomic E-state index is 11.1. The summed E-state index contributed by atoms with van der Waals surface area (Å²) in [6.45, 7) is 6.11. The third kappa shape index (κ3) is 4.43. The smallest absolute Gasteiger partial charge is 0.150 e. The molecule has 0 aliphatic heterocycles. The first-order valence-corrected chi connectivity index (χ1v) is 5.84. The molecule has 0 atom stereocenters. The summed E-state index contributed by atoms with van der Waals surface area (Å²) in [5.41, 5.74) is 5.40. The van der Waals surface area contributed by atoms with E-state index in [0.717, 1.165) is 42.4 Å². The Balaban J connectivity index is 5.28. The molecule has 90 valence electrons. The number of carbonyl (C=O) groups is 1. The topological polar surface area (TPSA) is 41.5 Å². The number of hydrogen-bond donors (Lipinski definition) is 1. The lowest BCUT2D eigenvalue weighted by Crippen LogP contribution is -2.10. The SMILES string of the molecule is CC\C=C(C=O)/C(=C\CC)C(/CC)=N\NC. The number of hydrazone groups is 1. The van der Waals surface area contributed by atoms with E-state index in [0.29, 0.717) is 0 Å². The lowest BCUT2D eigenvalue weighted by atomic mass is 9.98. The Labute approximate surface area is 98.3 Å². The summed E-state index contributed by atoms with van der Waals surface area (Å²) < 4.78 is 0. The van der Waals surface area contributed by atoms with Gasteiger partial charge in [-0.1, -0.05) is 32.9 Å². The molecule has 0 amide bonds. The van der Waals surface area contributed by atoms with E-state index in [1.54, 1.807) is 7.05 Å². The second-order valence-electron chi connectivity index (χ2n) is 3.35. The highest BCUT2D eigenvalue weighted by Gasteiger charge is 2.09. The fourth-order valence-corrected chi connectivity index (χ4v) is 1.51. The van der Waals surface area contributed by atoms with Crippen LogP contribution in [0.15, 0.2) is 28.4 Å². The van der Waals surface area contributed by atoms with Crippen molar-refractivity contribution in [2.45, 2.75) is 40.0 Å². The van der Waals surface area contributed by atoms with Gasteiger partial charge in [-0.2, -0.15) is 5.10 Å². The third-order valence-electron chi connectivity index (χ3n) is 2.16. The molecule has 16 heavy (non-hydrogen) atoms. The number of rotatable bonds is 7. The van der Waals surface area contributed by atoms with E-state index in [2.05, 4.69) is 23.5 Å². The summed E-state index contributed by atoms with van der Waals surface area (Å²) in [6.07, 6.45) is 7.46. The van der Waals surface area contributed by atoms with Crippen LogP contribution in [0.5, 0.6) is 0 Å². The zero-order valence-corrected chi connectivity index (χ0v) is 10.7. The molecule has 3 heteroatoms. The molecule has 0 unspecified atom stereocenters. The Morgan fingerprint density at radius 2 is 1.81 bits per heavy atom. The van der Waals surface area contributed by atoms with Gasteiger partial charge in [-0.3, -0.25) is 4.79 Å². The van der Waals surface area contributed by atoms with Gasteiger partial charge in [0.2, 0.25) is 0 Å². The number of allylic oxidation sites excluding steroid dienone is 4. The second kappa shape index (κ2) is 8.89. The van der Waals surface area contributed by atoms with E-state index >= 15 is 0 Å².